The van der Waals surface area contributed by atoms with Crippen LogP contribution in [0.2, 0.25) is 0 Å². The molecule has 1 N–H and O–H groups in total. The minimum absolute atomic E-state index is 0.162. The summed E-state index contributed by atoms with van der Waals surface area (Å²) in [6.45, 7) is 7.60. The summed E-state index contributed by atoms with van der Waals surface area (Å²) in [4.78, 5) is 20.1. The fourth-order valence-corrected chi connectivity index (χ4v) is 4.17. The molecule has 3 heterocycles. The summed E-state index contributed by atoms with van der Waals surface area (Å²) in [5.74, 6) is 0.748. The number of amides is 1. The molecule has 7 heteroatoms. The monoisotopic (exact) mass is 467 g/mol. The molecule has 7 nitrogen and oxygen atoms in total. The van der Waals surface area contributed by atoms with Gasteiger partial charge in [0.1, 0.15) is 11.5 Å². The SMILES string of the molecule is Cc1ccc(-c2nn(-c3ccccc3)cc2C(=O)NCc2ccnc(N3CCOCC3)c2)cc1C. The van der Waals surface area contributed by atoms with E-state index in [2.05, 4.69) is 41.2 Å². The van der Waals surface area contributed by atoms with Crippen LogP contribution in [-0.4, -0.2) is 47.0 Å². The highest BCUT2D eigenvalue weighted by molar-refractivity contribution is 6.00. The molecule has 0 unspecified atom stereocenters. The number of aryl methyl sites for hydroxylation is 2. The molecule has 1 saturated heterocycles. The second-order valence-corrected chi connectivity index (χ2v) is 8.77. The Labute approximate surface area is 205 Å². The predicted octanol–water partition coefficient (Wildman–Crippen LogP) is 4.32. The van der Waals surface area contributed by atoms with Crippen LogP contribution >= 0.6 is 0 Å². The molecule has 1 aliphatic heterocycles. The van der Waals surface area contributed by atoms with Crippen molar-refractivity contribution in [3.63, 3.8) is 0 Å². The van der Waals surface area contributed by atoms with E-state index in [1.165, 1.54) is 5.56 Å². The molecule has 1 fully saturated rings. The highest BCUT2D eigenvalue weighted by Gasteiger charge is 2.19. The number of aromatic nitrogens is 3. The lowest BCUT2D eigenvalue weighted by molar-refractivity contribution is 0.0951. The van der Waals surface area contributed by atoms with Gasteiger partial charge in [0.25, 0.3) is 5.91 Å². The van der Waals surface area contributed by atoms with Crippen LogP contribution in [0.4, 0.5) is 5.82 Å². The molecule has 0 aliphatic carbocycles. The number of para-hydroxylation sites is 1. The van der Waals surface area contributed by atoms with Crippen LogP contribution in [0.1, 0.15) is 27.0 Å². The van der Waals surface area contributed by atoms with Crippen molar-refractivity contribution in [1.82, 2.24) is 20.1 Å². The van der Waals surface area contributed by atoms with Gasteiger partial charge in [-0.25, -0.2) is 9.67 Å². The van der Waals surface area contributed by atoms with E-state index in [0.29, 0.717) is 31.0 Å². The maximum Gasteiger partial charge on any atom is 0.255 e. The summed E-state index contributed by atoms with van der Waals surface area (Å²) in [5, 5.41) is 7.88. The van der Waals surface area contributed by atoms with Crippen molar-refractivity contribution >= 4 is 11.7 Å². The fourth-order valence-electron chi connectivity index (χ4n) is 4.17. The number of morpholine rings is 1. The molecule has 4 aromatic rings. The molecule has 0 spiro atoms. The van der Waals surface area contributed by atoms with Gasteiger partial charge in [0.2, 0.25) is 0 Å². The van der Waals surface area contributed by atoms with Crippen molar-refractivity contribution in [2.45, 2.75) is 20.4 Å². The molecule has 2 aromatic carbocycles. The lowest BCUT2D eigenvalue weighted by Gasteiger charge is -2.28. The summed E-state index contributed by atoms with van der Waals surface area (Å²) in [5.41, 5.74) is 6.40. The predicted molar refractivity (Wildman–Crippen MR) is 137 cm³/mol. The minimum Gasteiger partial charge on any atom is -0.378 e. The largest absolute Gasteiger partial charge is 0.378 e. The summed E-state index contributed by atoms with van der Waals surface area (Å²) >= 11 is 0. The molecule has 2 aromatic heterocycles. The van der Waals surface area contributed by atoms with Crippen molar-refractivity contribution in [2.24, 2.45) is 0 Å². The quantitative estimate of drug-likeness (QED) is 0.457. The van der Waals surface area contributed by atoms with Gasteiger partial charge in [-0.2, -0.15) is 5.10 Å². The molecule has 0 bridgehead atoms. The van der Waals surface area contributed by atoms with Crippen molar-refractivity contribution in [3.8, 4) is 16.9 Å². The second-order valence-electron chi connectivity index (χ2n) is 8.77. The summed E-state index contributed by atoms with van der Waals surface area (Å²) in [6, 6.07) is 20.0. The van der Waals surface area contributed by atoms with Crippen LogP contribution in [0.5, 0.6) is 0 Å². The third-order valence-corrected chi connectivity index (χ3v) is 6.36. The van der Waals surface area contributed by atoms with E-state index >= 15 is 0 Å². The molecule has 1 amide bonds. The number of benzene rings is 2. The molecule has 0 saturated carbocycles. The van der Waals surface area contributed by atoms with Crippen LogP contribution < -0.4 is 10.2 Å². The van der Waals surface area contributed by atoms with Gasteiger partial charge in [-0.1, -0.05) is 30.3 Å². The second kappa shape index (κ2) is 10.1. The third kappa shape index (κ3) is 5.10. The first-order valence-corrected chi connectivity index (χ1v) is 11.9. The van der Waals surface area contributed by atoms with Crippen molar-refractivity contribution in [3.05, 3.63) is 95.3 Å². The summed E-state index contributed by atoms with van der Waals surface area (Å²) in [7, 11) is 0. The Morgan fingerprint density at radius 3 is 2.57 bits per heavy atom. The smallest absolute Gasteiger partial charge is 0.255 e. The van der Waals surface area contributed by atoms with Crippen molar-refractivity contribution in [2.75, 3.05) is 31.2 Å². The van der Waals surface area contributed by atoms with Crippen LogP contribution in [0.15, 0.2) is 73.1 Å². The first-order valence-electron chi connectivity index (χ1n) is 11.9. The maximum absolute atomic E-state index is 13.4. The van der Waals surface area contributed by atoms with E-state index in [1.54, 1.807) is 17.1 Å². The van der Waals surface area contributed by atoms with Crippen LogP contribution in [0.3, 0.4) is 0 Å². The van der Waals surface area contributed by atoms with Gasteiger partial charge in [0.05, 0.1) is 24.5 Å². The third-order valence-electron chi connectivity index (χ3n) is 6.36. The Bertz CT molecular complexity index is 1330. The lowest BCUT2D eigenvalue weighted by Crippen LogP contribution is -2.36. The summed E-state index contributed by atoms with van der Waals surface area (Å²) in [6.07, 6.45) is 3.60. The number of anilines is 1. The van der Waals surface area contributed by atoms with Gasteiger partial charge in [-0.15, -0.1) is 0 Å². The van der Waals surface area contributed by atoms with E-state index in [0.717, 1.165) is 41.3 Å². The average Bonchev–Trinajstić information content (AvgIpc) is 3.36. The van der Waals surface area contributed by atoms with E-state index in [4.69, 9.17) is 9.84 Å². The Hall–Kier alpha value is -3.97. The molecule has 35 heavy (non-hydrogen) atoms. The Morgan fingerprint density at radius 2 is 1.80 bits per heavy atom. The Morgan fingerprint density at radius 1 is 1.00 bits per heavy atom. The molecular formula is C28H29N5O2. The molecule has 5 rings (SSSR count). The zero-order chi connectivity index (χ0) is 24.2. The molecule has 0 radical (unpaired) electrons. The van der Waals surface area contributed by atoms with Gasteiger partial charge < -0.3 is 15.0 Å². The standard InChI is InChI=1S/C28H29N5O2/c1-20-8-9-23(16-21(20)2)27-25(19-33(31-27)24-6-4-3-5-7-24)28(34)30-18-22-10-11-29-26(17-22)32-12-14-35-15-13-32/h3-11,16-17,19H,12-15,18H2,1-2H3,(H,30,34). The number of rotatable bonds is 6. The topological polar surface area (TPSA) is 72.3 Å². The number of carbonyl (C=O) groups excluding carboxylic acids is 1. The normalized spacial score (nSPS) is 13.6. The number of hydrogen-bond donors (Lipinski definition) is 1. The average molecular weight is 468 g/mol. The first kappa shape index (κ1) is 22.8. The highest BCUT2D eigenvalue weighted by Crippen LogP contribution is 2.26. The van der Waals surface area contributed by atoms with Crippen LogP contribution in [-0.2, 0) is 11.3 Å². The molecule has 0 atom stereocenters. The van der Waals surface area contributed by atoms with Crippen molar-refractivity contribution < 1.29 is 9.53 Å². The van der Waals surface area contributed by atoms with Gasteiger partial charge in [0.15, 0.2) is 0 Å². The zero-order valence-corrected chi connectivity index (χ0v) is 20.1. The van der Waals surface area contributed by atoms with Crippen molar-refractivity contribution in [1.29, 1.82) is 0 Å². The molecule has 1 aliphatic rings. The van der Waals surface area contributed by atoms with E-state index < -0.39 is 0 Å². The van der Waals surface area contributed by atoms with Crippen LogP contribution in [0, 0.1) is 13.8 Å². The maximum atomic E-state index is 13.4. The van der Waals surface area contributed by atoms with E-state index in [-0.39, 0.29) is 5.91 Å². The number of hydrogen-bond acceptors (Lipinski definition) is 5. The Balaban J connectivity index is 1.40. The van der Waals surface area contributed by atoms with E-state index in [1.807, 2.05) is 48.5 Å². The molecule has 178 valence electrons. The van der Waals surface area contributed by atoms with Crippen LogP contribution in [0.25, 0.3) is 16.9 Å². The van der Waals surface area contributed by atoms with E-state index in [9.17, 15) is 4.79 Å². The van der Waals surface area contributed by atoms with Gasteiger partial charge in [-0.3, -0.25) is 4.79 Å². The fraction of sp³-hybridized carbons (Fsp3) is 0.250. The minimum atomic E-state index is -0.162. The molecular weight excluding hydrogens is 438 g/mol. The number of pyridine rings is 1. The summed E-state index contributed by atoms with van der Waals surface area (Å²) < 4.78 is 7.21. The highest BCUT2D eigenvalue weighted by atomic mass is 16.5. The van der Waals surface area contributed by atoms with Gasteiger partial charge >= 0.3 is 0 Å². The van der Waals surface area contributed by atoms with Gasteiger partial charge in [0, 0.05) is 37.6 Å². The lowest BCUT2D eigenvalue weighted by atomic mass is 10.0. The first-order chi connectivity index (χ1) is 17.1. The Kier molecular flexibility index (Phi) is 6.59. The number of ether oxygens (including phenoxy) is 1. The number of nitrogens with one attached hydrogen (secondary N) is 1. The van der Waals surface area contributed by atoms with Gasteiger partial charge in [-0.05, 0) is 60.9 Å². The zero-order valence-electron chi connectivity index (χ0n) is 20.1. The number of nitrogens with zero attached hydrogens (tertiary/aromatic N) is 4. The number of carbonyl (C=O) groups is 1.